The molecule has 1 atom stereocenters. The first-order chi connectivity index (χ1) is 13.7. The second kappa shape index (κ2) is 5.73. The van der Waals surface area contributed by atoms with Crippen molar-refractivity contribution in [2.24, 2.45) is 0 Å². The number of cyclic esters (lactones) is 1. The minimum atomic E-state index is -0.281. The Labute approximate surface area is 167 Å². The Morgan fingerprint density at radius 2 is 1.89 bits per heavy atom. The Bertz CT molecular complexity index is 1210. The molecule has 3 aliphatic rings. The lowest BCUT2D eigenvalue weighted by molar-refractivity contribution is -0.135. The molecule has 3 aromatic rings. The Morgan fingerprint density at radius 1 is 1.00 bits per heavy atom. The van der Waals surface area contributed by atoms with Gasteiger partial charge in [-0.15, -0.1) is 0 Å². The lowest BCUT2D eigenvalue weighted by atomic mass is 9.78. The van der Waals surface area contributed by atoms with Gasteiger partial charge in [0.15, 0.2) is 0 Å². The maximum atomic E-state index is 12.3. The van der Waals surface area contributed by atoms with Crippen molar-refractivity contribution in [3.63, 3.8) is 0 Å². The van der Waals surface area contributed by atoms with E-state index in [-0.39, 0.29) is 11.9 Å². The van der Waals surface area contributed by atoms with Gasteiger partial charge >= 0.3 is 5.97 Å². The molecule has 28 heavy (non-hydrogen) atoms. The van der Waals surface area contributed by atoms with Crippen molar-refractivity contribution >= 4 is 23.3 Å². The molecular weight excluding hydrogens is 370 g/mol. The molecule has 3 aromatic carbocycles. The highest BCUT2D eigenvalue weighted by molar-refractivity contribution is 6.30. The average molecular weight is 386 g/mol. The third-order valence-corrected chi connectivity index (χ3v) is 6.23. The van der Waals surface area contributed by atoms with Crippen LogP contribution in [0.1, 0.15) is 28.2 Å². The predicted molar refractivity (Wildman–Crippen MR) is 110 cm³/mol. The number of nitrogens with one attached hydrogen (secondary N) is 1. The number of hydrogen-bond donors (Lipinski definition) is 1. The first-order valence-electron chi connectivity index (χ1n) is 9.37. The van der Waals surface area contributed by atoms with Crippen molar-refractivity contribution in [3.05, 3.63) is 99.2 Å². The van der Waals surface area contributed by atoms with Crippen LogP contribution in [0.3, 0.4) is 0 Å². The Kier molecular flexibility index (Phi) is 3.27. The third-order valence-electron chi connectivity index (χ3n) is 5.99. The van der Waals surface area contributed by atoms with Gasteiger partial charge in [-0.3, -0.25) is 0 Å². The lowest BCUT2D eigenvalue weighted by Crippen LogP contribution is -2.21. The number of benzene rings is 3. The predicted octanol–water partition coefficient (Wildman–Crippen LogP) is 5.28. The number of rotatable bonds is 1. The number of carbonyl (C=O) groups is 1. The van der Waals surface area contributed by atoms with Crippen molar-refractivity contribution in [1.29, 1.82) is 0 Å². The van der Waals surface area contributed by atoms with Crippen LogP contribution >= 0.6 is 11.6 Å². The maximum Gasteiger partial charge on any atom is 0.355 e. The van der Waals surface area contributed by atoms with Crippen LogP contribution in [-0.4, -0.2) is 12.6 Å². The highest BCUT2D eigenvalue weighted by Crippen LogP contribution is 2.50. The number of ether oxygens (including phenoxy) is 1. The Balaban J connectivity index is 1.63. The molecule has 2 aliphatic heterocycles. The van der Waals surface area contributed by atoms with Crippen molar-refractivity contribution in [3.8, 4) is 11.1 Å². The number of fused-ring (bicyclic) bond motifs is 5. The molecule has 4 heteroatoms. The van der Waals surface area contributed by atoms with Gasteiger partial charge in [0, 0.05) is 22.2 Å². The van der Waals surface area contributed by atoms with Crippen molar-refractivity contribution in [2.45, 2.75) is 12.3 Å². The molecule has 1 unspecified atom stereocenters. The normalized spacial score (nSPS) is 18.8. The quantitative estimate of drug-likeness (QED) is 0.453. The summed E-state index contributed by atoms with van der Waals surface area (Å²) in [5.41, 5.74) is 10.1. The van der Waals surface area contributed by atoms with Gasteiger partial charge in [-0.2, -0.15) is 0 Å². The van der Waals surface area contributed by atoms with Crippen LogP contribution in [0, 0.1) is 0 Å². The molecule has 0 fully saturated rings. The molecule has 1 aliphatic carbocycles. The van der Waals surface area contributed by atoms with Crippen LogP contribution < -0.4 is 5.32 Å². The lowest BCUT2D eigenvalue weighted by Gasteiger charge is -2.30. The second-order valence-electron chi connectivity index (χ2n) is 7.48. The first-order valence-corrected chi connectivity index (χ1v) is 9.75. The van der Waals surface area contributed by atoms with Crippen LogP contribution in [-0.2, 0) is 16.0 Å². The SMILES string of the molecule is O=C1OCC2=C1Nc1ccc3c(c1C2c1cccc(Cl)c1)Cc1ccccc1-3. The smallest absolute Gasteiger partial charge is 0.355 e. The third kappa shape index (κ3) is 2.14. The molecule has 0 radical (unpaired) electrons. The molecule has 0 saturated heterocycles. The van der Waals surface area contributed by atoms with E-state index < -0.39 is 0 Å². The number of carbonyl (C=O) groups excluding carboxylic acids is 1. The molecule has 0 spiro atoms. The summed E-state index contributed by atoms with van der Waals surface area (Å²) in [6.07, 6.45) is 0.894. The van der Waals surface area contributed by atoms with Gasteiger partial charge in [0.1, 0.15) is 12.3 Å². The maximum absolute atomic E-state index is 12.3. The molecular formula is C24H16ClNO2. The van der Waals surface area contributed by atoms with Gasteiger partial charge in [-0.25, -0.2) is 4.79 Å². The summed E-state index contributed by atoms with van der Waals surface area (Å²) in [7, 11) is 0. The fourth-order valence-electron chi connectivity index (χ4n) is 4.81. The molecule has 0 bridgehead atoms. The van der Waals surface area contributed by atoms with Crippen LogP contribution in [0.25, 0.3) is 11.1 Å². The molecule has 0 saturated carbocycles. The van der Waals surface area contributed by atoms with E-state index >= 15 is 0 Å². The average Bonchev–Trinajstić information content (AvgIpc) is 3.27. The van der Waals surface area contributed by atoms with Crippen molar-refractivity contribution in [2.75, 3.05) is 11.9 Å². The number of halogens is 1. The van der Waals surface area contributed by atoms with E-state index in [1.54, 1.807) is 0 Å². The molecule has 136 valence electrons. The zero-order chi connectivity index (χ0) is 18.8. The molecule has 0 aromatic heterocycles. The van der Waals surface area contributed by atoms with E-state index in [0.717, 1.165) is 23.2 Å². The van der Waals surface area contributed by atoms with Gasteiger partial charge in [0.2, 0.25) is 0 Å². The summed E-state index contributed by atoms with van der Waals surface area (Å²) in [6, 6.07) is 20.7. The topological polar surface area (TPSA) is 38.3 Å². The summed E-state index contributed by atoms with van der Waals surface area (Å²) in [4.78, 5) is 12.3. The fraction of sp³-hybridized carbons (Fsp3) is 0.125. The van der Waals surface area contributed by atoms with Crippen molar-refractivity contribution < 1.29 is 9.53 Å². The van der Waals surface area contributed by atoms with Crippen LogP contribution in [0.2, 0.25) is 5.02 Å². The highest BCUT2D eigenvalue weighted by atomic mass is 35.5. The Hall–Kier alpha value is -3.04. The molecule has 6 rings (SSSR count). The zero-order valence-electron chi connectivity index (χ0n) is 15.0. The number of anilines is 1. The monoisotopic (exact) mass is 385 g/mol. The standard InChI is InChI=1S/C24H16ClNO2/c25-15-6-3-5-14(10-15)21-19-12-28-24(27)23(19)26-20-9-8-17-16-7-2-1-4-13(16)11-18(17)22(20)21/h1-10,21,26H,11-12H2. The van der Waals surface area contributed by atoms with Gasteiger partial charge in [-0.05, 0) is 58.0 Å². The summed E-state index contributed by atoms with van der Waals surface area (Å²) >= 11 is 6.32. The fourth-order valence-corrected chi connectivity index (χ4v) is 5.01. The van der Waals surface area contributed by atoms with E-state index in [0.29, 0.717) is 17.3 Å². The van der Waals surface area contributed by atoms with E-state index in [1.165, 1.54) is 27.8 Å². The van der Waals surface area contributed by atoms with E-state index in [4.69, 9.17) is 16.3 Å². The van der Waals surface area contributed by atoms with E-state index in [2.05, 4.69) is 47.8 Å². The number of hydrogen-bond acceptors (Lipinski definition) is 3. The first kappa shape index (κ1) is 16.0. The van der Waals surface area contributed by atoms with E-state index in [9.17, 15) is 4.79 Å². The van der Waals surface area contributed by atoms with Gasteiger partial charge < -0.3 is 10.1 Å². The van der Waals surface area contributed by atoms with E-state index in [1.807, 2.05) is 18.2 Å². The summed E-state index contributed by atoms with van der Waals surface area (Å²) < 4.78 is 5.39. The van der Waals surface area contributed by atoms with Gasteiger partial charge in [0.05, 0.1) is 0 Å². The molecule has 1 N–H and O–H groups in total. The summed E-state index contributed by atoms with van der Waals surface area (Å²) in [6.45, 7) is 0.314. The van der Waals surface area contributed by atoms with Crippen LogP contribution in [0.5, 0.6) is 0 Å². The van der Waals surface area contributed by atoms with Crippen molar-refractivity contribution in [1.82, 2.24) is 0 Å². The second-order valence-corrected chi connectivity index (χ2v) is 7.91. The Morgan fingerprint density at radius 3 is 2.79 bits per heavy atom. The minimum Gasteiger partial charge on any atom is -0.456 e. The number of esters is 1. The molecule has 2 heterocycles. The van der Waals surface area contributed by atoms with Crippen LogP contribution in [0.15, 0.2) is 71.9 Å². The largest absolute Gasteiger partial charge is 0.456 e. The molecule has 3 nitrogen and oxygen atoms in total. The highest BCUT2D eigenvalue weighted by Gasteiger charge is 2.40. The van der Waals surface area contributed by atoms with Crippen LogP contribution in [0.4, 0.5) is 5.69 Å². The summed E-state index contributed by atoms with van der Waals surface area (Å²) in [5, 5.41) is 4.05. The summed E-state index contributed by atoms with van der Waals surface area (Å²) in [5.74, 6) is -0.322. The zero-order valence-corrected chi connectivity index (χ0v) is 15.7. The van der Waals surface area contributed by atoms with Gasteiger partial charge in [0.25, 0.3) is 0 Å². The molecule has 0 amide bonds. The van der Waals surface area contributed by atoms with Gasteiger partial charge in [-0.1, -0.05) is 54.1 Å². The minimum absolute atomic E-state index is 0.0411.